The second-order valence-electron chi connectivity index (χ2n) is 2.58. The first-order valence-corrected chi connectivity index (χ1v) is 3.62. The molecule has 0 unspecified atom stereocenters. The van der Waals surface area contributed by atoms with E-state index in [1.165, 1.54) is 0 Å². The van der Waals surface area contributed by atoms with Gasteiger partial charge in [-0.1, -0.05) is 6.08 Å². The fourth-order valence-corrected chi connectivity index (χ4v) is 0.813. The zero-order valence-corrected chi connectivity index (χ0v) is 7.52. The van der Waals surface area contributed by atoms with Crippen molar-refractivity contribution in [3.05, 3.63) is 12.7 Å². The minimum atomic E-state index is -6.12. The predicted molar refractivity (Wildman–Crippen MR) is 38.6 cm³/mol. The van der Waals surface area contributed by atoms with Gasteiger partial charge in [0, 0.05) is 0 Å². The molecule has 0 radical (unpaired) electrons. The van der Waals surface area contributed by atoms with Gasteiger partial charge in [0.2, 0.25) is 0 Å². The lowest BCUT2D eigenvalue weighted by Gasteiger charge is -2.32. The van der Waals surface area contributed by atoms with E-state index < -0.39 is 30.5 Å². The summed E-state index contributed by atoms with van der Waals surface area (Å²) in [6, 6.07) is 0. The molecule has 0 heterocycles. The monoisotopic (exact) mass is 252 g/mol. The fraction of sp³-hybridized carbons (Fsp3) is 0.571. The summed E-state index contributed by atoms with van der Waals surface area (Å²) in [5, 5.41) is 8.12. The molecule has 0 aromatic heterocycles. The molecule has 0 rings (SSSR count). The van der Waals surface area contributed by atoms with Crippen LogP contribution in [0.1, 0.15) is 0 Å². The van der Waals surface area contributed by atoms with Gasteiger partial charge in [0.1, 0.15) is 0 Å². The first-order valence-electron chi connectivity index (χ1n) is 3.62. The molecule has 0 saturated heterocycles. The van der Waals surface area contributed by atoms with Crippen LogP contribution in [0, 0.1) is 0 Å². The summed E-state index contributed by atoms with van der Waals surface area (Å²) in [6.07, 6.45) is -11.7. The van der Waals surface area contributed by atoms with E-state index in [1.54, 1.807) is 0 Å². The van der Waals surface area contributed by atoms with Gasteiger partial charge in [-0.05, 0) is 0 Å². The Morgan fingerprint density at radius 1 is 1.19 bits per heavy atom. The van der Waals surface area contributed by atoms with E-state index in [-0.39, 0.29) is 0 Å². The van der Waals surface area contributed by atoms with Gasteiger partial charge < -0.3 is 9.84 Å². The quantitative estimate of drug-likeness (QED) is 0.615. The highest BCUT2D eigenvalue weighted by atomic mass is 19.4. The third-order valence-electron chi connectivity index (χ3n) is 1.52. The highest BCUT2D eigenvalue weighted by molar-refractivity contribution is 5.80. The van der Waals surface area contributed by atoms with Crippen LogP contribution in [-0.4, -0.2) is 35.6 Å². The number of hydrogen-bond acceptors (Lipinski definition) is 2. The largest absolute Gasteiger partial charge is 0.479 e. The summed E-state index contributed by atoms with van der Waals surface area (Å²) >= 11 is 0. The van der Waals surface area contributed by atoms with Crippen LogP contribution in [0.25, 0.3) is 0 Å². The highest BCUT2D eigenvalue weighted by Gasteiger charge is 2.78. The molecule has 3 nitrogen and oxygen atoms in total. The molecule has 16 heavy (non-hydrogen) atoms. The molecule has 1 N–H and O–H groups in total. The Labute approximate surface area is 85.3 Å². The molecular weight excluding hydrogens is 246 g/mol. The molecule has 0 fully saturated rings. The average Bonchev–Trinajstić information content (AvgIpc) is 1.99. The summed E-state index contributed by atoms with van der Waals surface area (Å²) in [7, 11) is 0. The maximum absolute atomic E-state index is 12.2. The lowest BCUT2D eigenvalue weighted by molar-refractivity contribution is -0.365. The van der Waals surface area contributed by atoms with Crippen LogP contribution in [0.15, 0.2) is 12.7 Å². The second kappa shape index (κ2) is 4.32. The third kappa shape index (κ3) is 2.29. The first-order chi connectivity index (χ1) is 7.00. The molecule has 0 aliphatic carbocycles. The van der Waals surface area contributed by atoms with Gasteiger partial charge in [0.05, 0.1) is 6.61 Å². The van der Waals surface area contributed by atoms with Gasteiger partial charge in [0.25, 0.3) is 0 Å². The van der Waals surface area contributed by atoms with Gasteiger partial charge >= 0.3 is 23.9 Å². The van der Waals surface area contributed by atoms with Crippen molar-refractivity contribution in [2.75, 3.05) is 6.61 Å². The molecule has 0 aromatic rings. The van der Waals surface area contributed by atoms with Crippen LogP contribution in [0.5, 0.6) is 0 Å². The van der Waals surface area contributed by atoms with Crippen molar-refractivity contribution in [2.24, 2.45) is 0 Å². The smallest absolute Gasteiger partial charge is 0.437 e. The lowest BCUT2D eigenvalue weighted by Crippen LogP contribution is -2.64. The number of rotatable bonds is 4. The van der Waals surface area contributed by atoms with Crippen LogP contribution in [0.2, 0.25) is 0 Å². The molecule has 0 bridgehead atoms. The van der Waals surface area contributed by atoms with Gasteiger partial charge in [0.15, 0.2) is 0 Å². The van der Waals surface area contributed by atoms with Crippen molar-refractivity contribution in [3.8, 4) is 0 Å². The Balaban J connectivity index is 5.60. The summed E-state index contributed by atoms with van der Waals surface area (Å²) in [6.45, 7) is 1.63. The Bertz CT molecular complexity index is 265. The van der Waals surface area contributed by atoms with Crippen LogP contribution in [-0.2, 0) is 9.53 Å². The molecule has 0 spiro atoms. The predicted octanol–water partition coefficient (Wildman–Crippen LogP) is 2.14. The van der Waals surface area contributed by atoms with Crippen molar-refractivity contribution in [3.63, 3.8) is 0 Å². The number of aliphatic carboxylic acids is 1. The fourth-order valence-electron chi connectivity index (χ4n) is 0.813. The molecule has 0 aliphatic heterocycles. The molecule has 0 amide bonds. The average molecular weight is 252 g/mol. The summed E-state index contributed by atoms with van der Waals surface area (Å²) < 4.78 is 76.5. The standard InChI is InChI=1S/C7H6F6O3/c1-2-3-16-5(4(14)15,6(8,9)10)7(11,12)13/h2H,1,3H2,(H,14,15). The molecule has 94 valence electrons. The Hall–Kier alpha value is -1.25. The Morgan fingerprint density at radius 3 is 1.75 bits per heavy atom. The lowest BCUT2D eigenvalue weighted by atomic mass is 10.0. The molecule has 0 aliphatic rings. The number of halogens is 6. The number of hydrogen-bond donors (Lipinski definition) is 1. The van der Waals surface area contributed by atoms with Gasteiger partial charge in [-0.25, -0.2) is 4.79 Å². The number of ether oxygens (including phenoxy) is 1. The van der Waals surface area contributed by atoms with Crippen LogP contribution in [0.4, 0.5) is 26.3 Å². The molecule has 0 saturated carbocycles. The van der Waals surface area contributed by atoms with Crippen molar-refractivity contribution in [1.82, 2.24) is 0 Å². The van der Waals surface area contributed by atoms with E-state index in [0.717, 1.165) is 0 Å². The minimum absolute atomic E-state index is 0.579. The maximum Gasteiger partial charge on any atom is 0.437 e. The first kappa shape index (κ1) is 14.8. The third-order valence-corrected chi connectivity index (χ3v) is 1.52. The number of carbonyl (C=O) groups is 1. The van der Waals surface area contributed by atoms with Crippen LogP contribution in [0.3, 0.4) is 0 Å². The van der Waals surface area contributed by atoms with Crippen molar-refractivity contribution >= 4 is 5.97 Å². The number of carboxylic acid groups (broad SMARTS) is 1. The van der Waals surface area contributed by atoms with E-state index in [2.05, 4.69) is 11.3 Å². The van der Waals surface area contributed by atoms with Gasteiger partial charge in [-0.15, -0.1) is 6.58 Å². The minimum Gasteiger partial charge on any atom is -0.479 e. The van der Waals surface area contributed by atoms with Crippen molar-refractivity contribution in [1.29, 1.82) is 0 Å². The zero-order chi connectivity index (χ0) is 13.2. The Kier molecular flexibility index (Phi) is 3.98. The Morgan fingerprint density at radius 2 is 1.56 bits per heavy atom. The number of carboxylic acids is 1. The summed E-state index contributed by atoms with van der Waals surface area (Å²) in [5.74, 6) is -3.17. The van der Waals surface area contributed by atoms with Crippen LogP contribution >= 0.6 is 0 Å². The number of alkyl halides is 6. The van der Waals surface area contributed by atoms with Gasteiger partial charge in [-0.2, -0.15) is 26.3 Å². The second-order valence-corrected chi connectivity index (χ2v) is 2.58. The topological polar surface area (TPSA) is 46.5 Å². The molecule has 0 aromatic carbocycles. The van der Waals surface area contributed by atoms with E-state index in [1.807, 2.05) is 0 Å². The van der Waals surface area contributed by atoms with Gasteiger partial charge in [-0.3, -0.25) is 0 Å². The molecule has 0 atom stereocenters. The summed E-state index contributed by atoms with van der Waals surface area (Å²) in [5.41, 5.74) is -5.23. The zero-order valence-electron chi connectivity index (χ0n) is 7.52. The van der Waals surface area contributed by atoms with E-state index in [9.17, 15) is 31.1 Å². The molecular formula is C7H6F6O3. The van der Waals surface area contributed by atoms with Crippen molar-refractivity contribution in [2.45, 2.75) is 18.0 Å². The SMILES string of the molecule is C=CCOC(C(=O)O)(C(F)(F)F)C(F)(F)F. The normalized spacial score (nSPS) is 13.6. The highest BCUT2D eigenvalue weighted by Crippen LogP contribution is 2.46. The maximum atomic E-state index is 12.2. The van der Waals surface area contributed by atoms with Crippen molar-refractivity contribution < 1.29 is 41.0 Å². The van der Waals surface area contributed by atoms with E-state index >= 15 is 0 Å². The van der Waals surface area contributed by atoms with Crippen LogP contribution < -0.4 is 0 Å². The van der Waals surface area contributed by atoms with E-state index in [0.29, 0.717) is 6.08 Å². The molecule has 9 heteroatoms. The van der Waals surface area contributed by atoms with E-state index in [4.69, 9.17) is 5.11 Å². The summed E-state index contributed by atoms with van der Waals surface area (Å²) in [4.78, 5) is 10.2.